The number of pyridine rings is 1. The molecule has 0 bridgehead atoms. The van der Waals surface area contributed by atoms with Crippen LogP contribution >= 0.6 is 0 Å². The Kier molecular flexibility index (Phi) is 8.11. The molecule has 1 saturated carbocycles. The van der Waals surface area contributed by atoms with Crippen LogP contribution in [0.3, 0.4) is 0 Å². The number of nitrogens with zero attached hydrogens (tertiary/aromatic N) is 1. The minimum Gasteiger partial charge on any atom is -0.294 e. The second kappa shape index (κ2) is 9.71. The fraction of sp³-hybridized carbons (Fsp3) is 0.647. The van der Waals surface area contributed by atoms with E-state index in [1.165, 1.54) is 38.5 Å². The van der Waals surface area contributed by atoms with Crippen molar-refractivity contribution in [2.45, 2.75) is 65.2 Å². The second-order valence-corrected chi connectivity index (χ2v) is 5.35. The molecule has 2 nitrogen and oxygen atoms in total. The lowest BCUT2D eigenvalue weighted by molar-refractivity contribution is 0.0978. The van der Waals surface area contributed by atoms with E-state index in [1.807, 2.05) is 0 Å². The van der Waals surface area contributed by atoms with Crippen LogP contribution in [0.1, 0.15) is 75.6 Å². The van der Waals surface area contributed by atoms with E-state index in [0.29, 0.717) is 6.42 Å². The van der Waals surface area contributed by atoms with Crippen LogP contribution in [0.2, 0.25) is 0 Å². The lowest BCUT2D eigenvalue weighted by atomic mass is 10.1. The maximum atomic E-state index is 11.5. The summed E-state index contributed by atoms with van der Waals surface area (Å²) < 4.78 is 0. The van der Waals surface area contributed by atoms with Crippen LogP contribution in [-0.2, 0) is 0 Å². The zero-order chi connectivity index (χ0) is 13.9. The normalized spacial score (nSPS) is 13.6. The highest BCUT2D eigenvalue weighted by atomic mass is 16.1. The lowest BCUT2D eigenvalue weighted by Gasteiger charge is -1.98. The van der Waals surface area contributed by atoms with E-state index >= 15 is 0 Å². The monoisotopic (exact) mass is 261 g/mol. The molecule has 1 aromatic rings. The minimum atomic E-state index is 0.259. The third kappa shape index (κ3) is 7.76. The van der Waals surface area contributed by atoms with Gasteiger partial charge in [0.1, 0.15) is 0 Å². The number of aromatic nitrogens is 1. The van der Waals surface area contributed by atoms with Crippen LogP contribution in [0.25, 0.3) is 0 Å². The SMILES string of the molecule is CCCCCC.O=C(CCC1CC1)c1ccncc1. The highest BCUT2D eigenvalue weighted by molar-refractivity contribution is 5.95. The van der Waals surface area contributed by atoms with E-state index in [1.54, 1.807) is 24.5 Å². The first-order chi connectivity index (χ1) is 9.27. The summed E-state index contributed by atoms with van der Waals surface area (Å²) in [5, 5.41) is 0. The summed E-state index contributed by atoms with van der Waals surface area (Å²) in [5.74, 6) is 1.10. The van der Waals surface area contributed by atoms with E-state index in [-0.39, 0.29) is 5.78 Å². The highest BCUT2D eigenvalue weighted by Crippen LogP contribution is 2.33. The van der Waals surface area contributed by atoms with Crippen LogP contribution in [0.4, 0.5) is 0 Å². The molecular weight excluding hydrogens is 234 g/mol. The fourth-order valence-electron chi connectivity index (χ4n) is 1.92. The molecule has 0 aromatic carbocycles. The summed E-state index contributed by atoms with van der Waals surface area (Å²) in [6.45, 7) is 4.46. The molecule has 0 saturated heterocycles. The molecule has 1 heterocycles. The Labute approximate surface area is 117 Å². The van der Waals surface area contributed by atoms with E-state index in [9.17, 15) is 4.79 Å². The number of hydrogen-bond donors (Lipinski definition) is 0. The summed E-state index contributed by atoms with van der Waals surface area (Å²) in [4.78, 5) is 15.4. The molecule has 1 aliphatic rings. The number of hydrogen-bond acceptors (Lipinski definition) is 2. The van der Waals surface area contributed by atoms with Crippen LogP contribution in [-0.4, -0.2) is 10.8 Å². The van der Waals surface area contributed by atoms with Crippen molar-refractivity contribution in [3.05, 3.63) is 30.1 Å². The smallest absolute Gasteiger partial charge is 0.162 e. The molecule has 106 valence electrons. The molecule has 1 aromatic heterocycles. The van der Waals surface area contributed by atoms with E-state index in [2.05, 4.69) is 18.8 Å². The van der Waals surface area contributed by atoms with Crippen molar-refractivity contribution in [3.8, 4) is 0 Å². The predicted octanol–water partition coefficient (Wildman–Crippen LogP) is 5.04. The number of carbonyl (C=O) groups excluding carboxylic acids is 1. The minimum absolute atomic E-state index is 0.259. The van der Waals surface area contributed by atoms with Crippen molar-refractivity contribution < 1.29 is 4.79 Å². The average Bonchev–Trinajstić information content (AvgIpc) is 3.28. The van der Waals surface area contributed by atoms with Crippen LogP contribution in [0.5, 0.6) is 0 Å². The van der Waals surface area contributed by atoms with Gasteiger partial charge in [-0.2, -0.15) is 0 Å². The standard InChI is InChI=1S/C11H13NO.C6H14/c13-11(4-3-9-1-2-9)10-5-7-12-8-6-10;1-3-5-6-4-2/h5-9H,1-4H2;3-6H2,1-2H3. The van der Waals surface area contributed by atoms with Crippen molar-refractivity contribution in [1.29, 1.82) is 0 Å². The zero-order valence-corrected chi connectivity index (χ0v) is 12.4. The molecule has 2 heteroatoms. The van der Waals surface area contributed by atoms with Gasteiger partial charge in [0.05, 0.1) is 0 Å². The number of Topliss-reactive ketones (excluding diaryl/α,β-unsaturated/α-hetero) is 1. The Hall–Kier alpha value is -1.18. The first kappa shape index (κ1) is 15.9. The Morgan fingerprint density at radius 2 is 1.74 bits per heavy atom. The van der Waals surface area contributed by atoms with Crippen molar-refractivity contribution in [2.75, 3.05) is 0 Å². The topological polar surface area (TPSA) is 30.0 Å². The molecule has 1 fully saturated rings. The Bertz CT molecular complexity index is 340. The number of unbranched alkanes of at least 4 members (excludes halogenated alkanes) is 3. The number of carbonyl (C=O) groups is 1. The van der Waals surface area contributed by atoms with Crippen molar-refractivity contribution >= 4 is 5.78 Å². The molecule has 0 amide bonds. The maximum absolute atomic E-state index is 11.5. The van der Waals surface area contributed by atoms with Gasteiger partial charge in [-0.25, -0.2) is 0 Å². The maximum Gasteiger partial charge on any atom is 0.162 e. The van der Waals surface area contributed by atoms with Gasteiger partial charge in [0, 0.05) is 24.4 Å². The lowest BCUT2D eigenvalue weighted by Crippen LogP contribution is -1.99. The molecule has 1 aliphatic carbocycles. The summed E-state index contributed by atoms with van der Waals surface area (Å²) >= 11 is 0. The van der Waals surface area contributed by atoms with E-state index in [0.717, 1.165) is 17.9 Å². The van der Waals surface area contributed by atoms with Gasteiger partial charge in [0.2, 0.25) is 0 Å². The summed E-state index contributed by atoms with van der Waals surface area (Å²) in [6.07, 6.45) is 13.3. The quantitative estimate of drug-likeness (QED) is 0.508. The molecule has 0 spiro atoms. The third-order valence-electron chi connectivity index (χ3n) is 3.44. The van der Waals surface area contributed by atoms with Crippen molar-refractivity contribution in [1.82, 2.24) is 4.98 Å². The second-order valence-electron chi connectivity index (χ2n) is 5.35. The largest absolute Gasteiger partial charge is 0.294 e. The summed E-state index contributed by atoms with van der Waals surface area (Å²) in [5.41, 5.74) is 0.802. The van der Waals surface area contributed by atoms with Crippen LogP contribution in [0, 0.1) is 5.92 Å². The molecule has 19 heavy (non-hydrogen) atoms. The van der Waals surface area contributed by atoms with Gasteiger partial charge in [0.15, 0.2) is 5.78 Å². The Morgan fingerprint density at radius 3 is 2.21 bits per heavy atom. The third-order valence-corrected chi connectivity index (χ3v) is 3.44. The molecule has 0 aliphatic heterocycles. The molecular formula is C17H27NO. The van der Waals surface area contributed by atoms with Crippen molar-refractivity contribution in [2.24, 2.45) is 5.92 Å². The van der Waals surface area contributed by atoms with Gasteiger partial charge in [-0.15, -0.1) is 0 Å². The van der Waals surface area contributed by atoms with Crippen molar-refractivity contribution in [3.63, 3.8) is 0 Å². The summed E-state index contributed by atoms with van der Waals surface area (Å²) in [7, 11) is 0. The number of ketones is 1. The van der Waals surface area contributed by atoms with Gasteiger partial charge in [-0.05, 0) is 24.5 Å². The Morgan fingerprint density at radius 1 is 1.16 bits per heavy atom. The Balaban J connectivity index is 0.000000258. The van der Waals surface area contributed by atoms with Gasteiger partial charge < -0.3 is 0 Å². The zero-order valence-electron chi connectivity index (χ0n) is 12.4. The van der Waals surface area contributed by atoms with E-state index in [4.69, 9.17) is 0 Å². The highest BCUT2D eigenvalue weighted by Gasteiger charge is 2.21. The van der Waals surface area contributed by atoms with E-state index < -0.39 is 0 Å². The molecule has 0 unspecified atom stereocenters. The molecule has 0 atom stereocenters. The molecule has 0 radical (unpaired) electrons. The average molecular weight is 261 g/mol. The summed E-state index contributed by atoms with van der Waals surface area (Å²) in [6, 6.07) is 3.57. The fourth-order valence-corrected chi connectivity index (χ4v) is 1.92. The van der Waals surface area contributed by atoms with Crippen LogP contribution < -0.4 is 0 Å². The predicted molar refractivity (Wildman–Crippen MR) is 80.3 cm³/mol. The van der Waals surface area contributed by atoms with Crippen LogP contribution in [0.15, 0.2) is 24.5 Å². The first-order valence-corrected chi connectivity index (χ1v) is 7.71. The number of rotatable bonds is 7. The molecule has 2 rings (SSSR count). The first-order valence-electron chi connectivity index (χ1n) is 7.71. The van der Waals surface area contributed by atoms with Gasteiger partial charge in [0.25, 0.3) is 0 Å². The van der Waals surface area contributed by atoms with Gasteiger partial charge >= 0.3 is 0 Å². The van der Waals surface area contributed by atoms with Gasteiger partial charge in [-0.1, -0.05) is 52.4 Å². The van der Waals surface area contributed by atoms with Gasteiger partial charge in [-0.3, -0.25) is 9.78 Å². The molecule has 0 N–H and O–H groups in total.